The van der Waals surface area contributed by atoms with Crippen molar-refractivity contribution in [1.82, 2.24) is 0 Å². The molecule has 0 aliphatic carbocycles. The summed E-state index contributed by atoms with van der Waals surface area (Å²) in [5, 5.41) is 1.08. The van der Waals surface area contributed by atoms with E-state index in [1.165, 1.54) is 0 Å². The lowest BCUT2D eigenvalue weighted by molar-refractivity contribution is 2.37. The van der Waals surface area contributed by atoms with Crippen molar-refractivity contribution in [3.05, 3.63) is 0 Å². The van der Waals surface area contributed by atoms with E-state index in [1.54, 1.807) is 0 Å². The molecule has 0 nitrogen and oxygen atoms in total. The SMILES string of the molecule is BrCPBr.PBr.PBr. The van der Waals surface area contributed by atoms with Crippen LogP contribution in [0.5, 0.6) is 0 Å². The van der Waals surface area contributed by atoms with Crippen molar-refractivity contribution in [3.63, 3.8) is 0 Å². The van der Waals surface area contributed by atoms with Gasteiger partial charge in [-0.05, 0) is 7.28 Å². The van der Waals surface area contributed by atoms with Crippen molar-refractivity contribution in [2.45, 2.75) is 0 Å². The predicted octanol–water partition coefficient (Wildman–Crippen LogP) is 4.67. The second-order valence-corrected chi connectivity index (χ2v) is 4.17. The Morgan fingerprint density at radius 2 is 1.25 bits per heavy atom. The fraction of sp³-hybridized carbons (Fsp3) is 1.00. The molecule has 8 heavy (non-hydrogen) atoms. The number of hydrogen-bond acceptors (Lipinski definition) is 0. The summed E-state index contributed by atoms with van der Waals surface area (Å²) in [6.45, 7) is 0. The average molecular weight is 432 g/mol. The zero-order valence-electron chi connectivity index (χ0n) is 3.87. The van der Waals surface area contributed by atoms with Gasteiger partial charge in [0.1, 0.15) is 0 Å². The smallest absolute Gasteiger partial charge is 0.0306 e. The molecule has 0 radical (unpaired) electrons. The van der Waals surface area contributed by atoms with Gasteiger partial charge < -0.3 is 0 Å². The van der Waals surface area contributed by atoms with Crippen molar-refractivity contribution in [2.24, 2.45) is 0 Å². The number of hydrogen-bond donors (Lipinski definition) is 0. The van der Waals surface area contributed by atoms with Gasteiger partial charge in [0.15, 0.2) is 0 Å². The molecule has 7 heteroatoms. The van der Waals surface area contributed by atoms with Gasteiger partial charge in [-0.3, -0.25) is 0 Å². The van der Waals surface area contributed by atoms with E-state index in [4.69, 9.17) is 0 Å². The third kappa shape index (κ3) is 35.0. The Kier molecular flexibility index (Phi) is 69.1. The van der Waals surface area contributed by atoms with Crippen LogP contribution in [0.4, 0.5) is 0 Å². The zero-order chi connectivity index (χ0) is 7.41. The van der Waals surface area contributed by atoms with E-state index in [0.29, 0.717) is 0 Å². The lowest BCUT2D eigenvalue weighted by atomic mass is 11.9. The Balaban J connectivity index is -0.0000000542. The maximum atomic E-state index is 3.23. The Hall–Kier alpha value is 3.21. The molecule has 0 heterocycles. The second-order valence-electron chi connectivity index (χ2n) is 0.267. The van der Waals surface area contributed by atoms with E-state index in [2.05, 4.69) is 78.3 Å². The van der Waals surface area contributed by atoms with Crippen LogP contribution in [-0.4, -0.2) is 5.07 Å². The maximum Gasteiger partial charge on any atom is 0.0306 e. The molecule has 0 aromatic heterocycles. The Morgan fingerprint density at radius 1 is 1.12 bits per heavy atom. The summed E-state index contributed by atoms with van der Waals surface area (Å²) < 4.78 is 0. The number of rotatable bonds is 1. The van der Waals surface area contributed by atoms with Gasteiger partial charge in [0.25, 0.3) is 0 Å². The highest BCUT2D eigenvalue weighted by Gasteiger charge is 1.60. The molecule has 0 saturated carbocycles. The van der Waals surface area contributed by atoms with Gasteiger partial charge in [0.05, 0.1) is 0 Å². The topological polar surface area (TPSA) is 0 Å². The number of halogens is 4. The Labute approximate surface area is 89.6 Å². The van der Waals surface area contributed by atoms with Gasteiger partial charge in [0, 0.05) is 5.07 Å². The summed E-state index contributed by atoms with van der Waals surface area (Å²) in [6.07, 6.45) is 0. The summed E-state index contributed by atoms with van der Waals surface area (Å²) in [4.78, 5) is 0. The molecule has 54 valence electrons. The molecule has 0 aliphatic rings. The summed E-state index contributed by atoms with van der Waals surface area (Å²) in [5.41, 5.74) is 0. The fourth-order valence-corrected chi connectivity index (χ4v) is 0. The van der Waals surface area contributed by atoms with Crippen LogP contribution in [-0.2, 0) is 0 Å². The van der Waals surface area contributed by atoms with Gasteiger partial charge in [-0.15, -0.1) is 0 Å². The Morgan fingerprint density at radius 3 is 1.25 bits per heavy atom. The van der Waals surface area contributed by atoms with Crippen LogP contribution < -0.4 is 0 Å². The average Bonchev–Trinajstić information content (AvgIpc) is 1.96. The summed E-state index contributed by atoms with van der Waals surface area (Å²) >= 11 is 12.2. The molecule has 0 spiro atoms. The minimum atomic E-state index is 0.870. The van der Waals surface area contributed by atoms with Crippen LogP contribution in [0.25, 0.3) is 0 Å². The van der Waals surface area contributed by atoms with Crippen LogP contribution in [0.1, 0.15) is 0 Å². The lowest BCUT2D eigenvalue weighted by Gasteiger charge is -1.64. The highest BCUT2D eigenvalue weighted by atomic mass is 79.9. The quantitative estimate of drug-likeness (QED) is 0.418. The highest BCUT2D eigenvalue weighted by molar-refractivity contribution is 9.38. The summed E-state index contributed by atoms with van der Waals surface area (Å²) in [5.74, 6) is 0. The monoisotopic (exact) mass is 428 g/mol. The first kappa shape index (κ1) is 17.3. The molecule has 0 saturated heterocycles. The van der Waals surface area contributed by atoms with Gasteiger partial charge >= 0.3 is 0 Å². The molecule has 0 amide bonds. The normalized spacial score (nSPS) is 6.75. The fourth-order valence-electron chi connectivity index (χ4n) is 0. The standard InChI is InChI=1S/CH3Br2P.2BrH2P/c2-1-4-3;2*1-2/h4H,1H2;2*2H2. The highest BCUT2D eigenvalue weighted by Crippen LogP contribution is 2.20. The minimum Gasteiger partial charge on any atom is -0.0871 e. The minimum absolute atomic E-state index is 0.870. The first-order valence-corrected chi connectivity index (χ1v) is 12.2. The van der Waals surface area contributed by atoms with E-state index >= 15 is 0 Å². The van der Waals surface area contributed by atoms with Gasteiger partial charge in [0.2, 0.25) is 0 Å². The molecule has 0 rings (SSSR count). The van der Waals surface area contributed by atoms with E-state index in [9.17, 15) is 0 Å². The zero-order valence-corrected chi connectivity index (χ0v) is 13.5. The number of alkyl halides is 1. The molecular formula is CH7Br4P3. The Bertz CT molecular complexity index is 13.2. The lowest BCUT2D eigenvalue weighted by Crippen LogP contribution is -1.27. The molecule has 3 atom stereocenters. The van der Waals surface area contributed by atoms with Crippen LogP contribution in [0, 0.1) is 0 Å². The van der Waals surface area contributed by atoms with Crippen LogP contribution in [0.15, 0.2) is 0 Å². The molecular weight excluding hydrogens is 425 g/mol. The molecule has 0 aromatic carbocycles. The second kappa shape index (κ2) is 31.9. The van der Waals surface area contributed by atoms with Crippen LogP contribution in [0.3, 0.4) is 0 Å². The van der Waals surface area contributed by atoms with E-state index in [1.807, 2.05) is 0 Å². The molecule has 0 bridgehead atoms. The summed E-state index contributed by atoms with van der Waals surface area (Å²) in [6, 6.07) is 0. The van der Waals surface area contributed by atoms with Crippen LogP contribution >= 0.6 is 85.6 Å². The first-order chi connectivity index (χ1) is 3.91. The maximum absolute atomic E-state index is 3.23. The van der Waals surface area contributed by atoms with E-state index in [0.717, 1.165) is 12.4 Å². The van der Waals surface area contributed by atoms with E-state index < -0.39 is 0 Å². The van der Waals surface area contributed by atoms with Crippen molar-refractivity contribution in [2.75, 3.05) is 5.07 Å². The van der Waals surface area contributed by atoms with Gasteiger partial charge in [-0.1, -0.05) is 78.3 Å². The van der Waals surface area contributed by atoms with Crippen molar-refractivity contribution in [3.8, 4) is 0 Å². The van der Waals surface area contributed by atoms with Crippen molar-refractivity contribution >= 4 is 85.6 Å². The van der Waals surface area contributed by atoms with Gasteiger partial charge in [-0.25, -0.2) is 0 Å². The molecule has 0 aromatic rings. The molecule has 0 fully saturated rings. The van der Waals surface area contributed by atoms with Crippen molar-refractivity contribution in [1.29, 1.82) is 0 Å². The van der Waals surface area contributed by atoms with E-state index in [-0.39, 0.29) is 0 Å². The first-order valence-electron chi connectivity index (χ1n) is 1.25. The molecule has 3 unspecified atom stereocenters. The molecule has 0 N–H and O–H groups in total. The predicted molar refractivity (Wildman–Crippen MR) is 68.3 cm³/mol. The third-order valence-corrected chi connectivity index (χ3v) is 4.09. The van der Waals surface area contributed by atoms with Crippen molar-refractivity contribution < 1.29 is 0 Å². The van der Waals surface area contributed by atoms with Gasteiger partial charge in [-0.2, -0.15) is 0 Å². The van der Waals surface area contributed by atoms with Crippen LogP contribution in [0.2, 0.25) is 0 Å². The summed E-state index contributed by atoms with van der Waals surface area (Å²) in [7, 11) is 5.33. The third-order valence-electron chi connectivity index (χ3n) is 0.0505. The largest absolute Gasteiger partial charge is 0.0871 e. The molecule has 0 aliphatic heterocycles.